The molecule has 0 unspecified atom stereocenters. The second kappa shape index (κ2) is 6.23. The molecule has 1 aromatic heterocycles. The predicted molar refractivity (Wildman–Crippen MR) is 88.1 cm³/mol. The number of hydrogen-bond donors (Lipinski definition) is 1. The van der Waals surface area contributed by atoms with E-state index >= 15 is 0 Å². The van der Waals surface area contributed by atoms with Crippen LogP contribution in [-0.2, 0) is 7.05 Å². The molecule has 6 nitrogen and oxygen atoms in total. The van der Waals surface area contributed by atoms with Gasteiger partial charge in [-0.25, -0.2) is 4.79 Å². The van der Waals surface area contributed by atoms with E-state index in [0.29, 0.717) is 29.7 Å². The van der Waals surface area contributed by atoms with Crippen molar-refractivity contribution in [2.75, 3.05) is 13.7 Å². The molecule has 0 aliphatic heterocycles. The monoisotopic (exact) mass is 380 g/mol. The Hall–Kier alpha value is -2.02. The molecule has 0 atom stereocenters. The lowest BCUT2D eigenvalue weighted by Crippen LogP contribution is -2.02. The Labute approximate surface area is 142 Å². The van der Waals surface area contributed by atoms with E-state index in [9.17, 15) is 4.79 Å². The van der Waals surface area contributed by atoms with Gasteiger partial charge in [0.05, 0.1) is 23.9 Å². The van der Waals surface area contributed by atoms with Crippen LogP contribution in [0.2, 0.25) is 0 Å². The third-order valence-electron chi connectivity index (χ3n) is 3.78. The fraction of sp³-hybridized carbons (Fsp3) is 0.375. The van der Waals surface area contributed by atoms with Gasteiger partial charge in [0.1, 0.15) is 0 Å². The van der Waals surface area contributed by atoms with Crippen LogP contribution >= 0.6 is 15.9 Å². The van der Waals surface area contributed by atoms with Crippen molar-refractivity contribution in [1.82, 2.24) is 9.78 Å². The molecule has 3 rings (SSSR count). The lowest BCUT2D eigenvalue weighted by Gasteiger charge is -2.14. The van der Waals surface area contributed by atoms with Crippen molar-refractivity contribution in [2.24, 2.45) is 13.0 Å². The van der Waals surface area contributed by atoms with Gasteiger partial charge in [-0.3, -0.25) is 4.68 Å². The van der Waals surface area contributed by atoms with Crippen molar-refractivity contribution in [3.8, 4) is 22.8 Å². The first kappa shape index (κ1) is 15.9. The molecule has 1 fully saturated rings. The average Bonchev–Trinajstić information content (AvgIpc) is 3.25. The van der Waals surface area contributed by atoms with Crippen LogP contribution in [0.4, 0.5) is 0 Å². The lowest BCUT2D eigenvalue weighted by molar-refractivity contribution is 0.0689. The fourth-order valence-electron chi connectivity index (χ4n) is 2.36. The summed E-state index contributed by atoms with van der Waals surface area (Å²) in [6.07, 6.45) is 2.40. The van der Waals surface area contributed by atoms with Crippen LogP contribution in [0.3, 0.4) is 0 Å². The Morgan fingerprint density at radius 3 is 2.74 bits per heavy atom. The molecule has 2 aromatic rings. The Morgan fingerprint density at radius 2 is 2.17 bits per heavy atom. The standard InChI is InChI=1S/C16H17BrN2O4/c1-19-13(7-12(18-19)16(20)21)10-5-11(17)15(22-2)14(6-10)23-8-9-3-4-9/h5-7,9H,3-4,8H2,1-2H3,(H,20,21). The van der Waals surface area contributed by atoms with E-state index in [4.69, 9.17) is 14.6 Å². The summed E-state index contributed by atoms with van der Waals surface area (Å²) in [5, 5.41) is 13.1. The van der Waals surface area contributed by atoms with Gasteiger partial charge in [-0.2, -0.15) is 5.10 Å². The van der Waals surface area contributed by atoms with Crippen LogP contribution in [0.25, 0.3) is 11.3 Å². The minimum atomic E-state index is -1.05. The zero-order valence-electron chi connectivity index (χ0n) is 12.9. The molecule has 0 saturated heterocycles. The second-order valence-corrected chi connectivity index (χ2v) is 6.44. The van der Waals surface area contributed by atoms with E-state index in [-0.39, 0.29) is 5.69 Å². The smallest absolute Gasteiger partial charge is 0.356 e. The maximum atomic E-state index is 11.1. The van der Waals surface area contributed by atoms with Gasteiger partial charge in [-0.05, 0) is 52.9 Å². The molecule has 1 heterocycles. The highest BCUT2D eigenvalue weighted by Gasteiger charge is 2.23. The molecule has 1 saturated carbocycles. The zero-order valence-corrected chi connectivity index (χ0v) is 14.5. The van der Waals surface area contributed by atoms with Crippen LogP contribution in [0.5, 0.6) is 11.5 Å². The zero-order chi connectivity index (χ0) is 16.6. The molecule has 1 aliphatic rings. The molecule has 0 radical (unpaired) electrons. The van der Waals surface area contributed by atoms with E-state index in [1.807, 2.05) is 12.1 Å². The topological polar surface area (TPSA) is 73.6 Å². The van der Waals surface area contributed by atoms with Gasteiger partial charge in [0.15, 0.2) is 17.2 Å². The van der Waals surface area contributed by atoms with Gasteiger partial charge in [-0.15, -0.1) is 0 Å². The lowest BCUT2D eigenvalue weighted by atomic mass is 10.1. The van der Waals surface area contributed by atoms with Crippen molar-refractivity contribution >= 4 is 21.9 Å². The largest absolute Gasteiger partial charge is 0.492 e. The van der Waals surface area contributed by atoms with E-state index in [1.165, 1.54) is 12.8 Å². The Kier molecular flexibility index (Phi) is 4.30. The van der Waals surface area contributed by atoms with Gasteiger partial charge in [0.2, 0.25) is 0 Å². The average molecular weight is 381 g/mol. The summed E-state index contributed by atoms with van der Waals surface area (Å²) in [7, 11) is 3.31. The van der Waals surface area contributed by atoms with Crippen molar-refractivity contribution in [2.45, 2.75) is 12.8 Å². The van der Waals surface area contributed by atoms with Gasteiger partial charge in [-0.1, -0.05) is 0 Å². The summed E-state index contributed by atoms with van der Waals surface area (Å²) in [6.45, 7) is 0.665. The second-order valence-electron chi connectivity index (χ2n) is 5.59. The molecular formula is C16H17BrN2O4. The maximum absolute atomic E-state index is 11.1. The third kappa shape index (κ3) is 3.34. The number of carbonyl (C=O) groups is 1. The SMILES string of the molecule is COc1c(Br)cc(-c2cc(C(=O)O)nn2C)cc1OCC1CC1. The number of benzene rings is 1. The number of carboxylic acid groups (broad SMARTS) is 1. The van der Waals surface area contributed by atoms with Crippen LogP contribution in [0.1, 0.15) is 23.3 Å². The summed E-state index contributed by atoms with van der Waals surface area (Å²) >= 11 is 3.49. The van der Waals surface area contributed by atoms with Crippen LogP contribution in [-0.4, -0.2) is 34.6 Å². The quantitative estimate of drug-likeness (QED) is 0.831. The van der Waals surface area contributed by atoms with E-state index < -0.39 is 5.97 Å². The first-order valence-corrected chi connectivity index (χ1v) is 8.07. The van der Waals surface area contributed by atoms with Crippen molar-refractivity contribution in [3.63, 3.8) is 0 Å². The van der Waals surface area contributed by atoms with E-state index in [2.05, 4.69) is 21.0 Å². The summed E-state index contributed by atoms with van der Waals surface area (Å²) in [4.78, 5) is 11.1. The minimum absolute atomic E-state index is 0.00916. The maximum Gasteiger partial charge on any atom is 0.356 e. The Balaban J connectivity index is 1.99. The summed E-state index contributed by atoms with van der Waals surface area (Å²) < 4.78 is 13.6. The van der Waals surface area contributed by atoms with Crippen LogP contribution in [0, 0.1) is 5.92 Å². The fourth-order valence-corrected chi connectivity index (χ4v) is 2.96. The molecule has 23 heavy (non-hydrogen) atoms. The number of aryl methyl sites for hydroxylation is 1. The first-order valence-electron chi connectivity index (χ1n) is 7.27. The third-order valence-corrected chi connectivity index (χ3v) is 4.37. The van der Waals surface area contributed by atoms with Gasteiger partial charge in [0, 0.05) is 12.6 Å². The molecule has 0 bridgehead atoms. The number of nitrogens with zero attached hydrogens (tertiary/aromatic N) is 2. The summed E-state index contributed by atoms with van der Waals surface area (Å²) in [6, 6.07) is 5.27. The highest BCUT2D eigenvalue weighted by Crippen LogP contribution is 2.41. The predicted octanol–water partition coefficient (Wildman–Crippen LogP) is 3.35. The van der Waals surface area contributed by atoms with Crippen molar-refractivity contribution < 1.29 is 19.4 Å². The molecule has 1 aromatic carbocycles. The number of aromatic nitrogens is 2. The van der Waals surface area contributed by atoms with Gasteiger partial charge < -0.3 is 14.6 Å². The highest BCUT2D eigenvalue weighted by atomic mass is 79.9. The number of rotatable bonds is 6. The normalized spacial score (nSPS) is 13.9. The summed E-state index contributed by atoms with van der Waals surface area (Å²) in [5.41, 5.74) is 1.52. The number of halogens is 1. The Bertz CT molecular complexity index is 753. The van der Waals surface area contributed by atoms with Crippen LogP contribution < -0.4 is 9.47 Å². The van der Waals surface area contributed by atoms with Crippen molar-refractivity contribution in [1.29, 1.82) is 0 Å². The minimum Gasteiger partial charge on any atom is -0.492 e. The van der Waals surface area contributed by atoms with Gasteiger partial charge in [0.25, 0.3) is 0 Å². The molecule has 1 N–H and O–H groups in total. The van der Waals surface area contributed by atoms with Gasteiger partial charge >= 0.3 is 5.97 Å². The number of ether oxygens (including phenoxy) is 2. The highest BCUT2D eigenvalue weighted by molar-refractivity contribution is 9.10. The number of aromatic carboxylic acids is 1. The summed E-state index contributed by atoms with van der Waals surface area (Å²) in [5.74, 6) is 0.846. The number of hydrogen-bond acceptors (Lipinski definition) is 4. The number of carboxylic acids is 1. The van der Waals surface area contributed by atoms with Crippen molar-refractivity contribution in [3.05, 3.63) is 28.4 Å². The van der Waals surface area contributed by atoms with E-state index in [1.54, 1.807) is 24.9 Å². The number of methoxy groups -OCH3 is 1. The molecular weight excluding hydrogens is 364 g/mol. The van der Waals surface area contributed by atoms with Crippen LogP contribution in [0.15, 0.2) is 22.7 Å². The molecule has 7 heteroatoms. The first-order chi connectivity index (χ1) is 11.0. The Morgan fingerprint density at radius 1 is 1.43 bits per heavy atom. The molecule has 1 aliphatic carbocycles. The van der Waals surface area contributed by atoms with E-state index in [0.717, 1.165) is 10.0 Å². The molecule has 122 valence electrons. The molecule has 0 spiro atoms. The molecule has 0 amide bonds.